The Morgan fingerprint density at radius 1 is 1.17 bits per heavy atom. The molecule has 5 nitrogen and oxygen atoms in total. The van der Waals surface area contributed by atoms with Crippen LogP contribution < -0.4 is 10.1 Å². The maximum atomic E-state index is 13.6. The van der Waals surface area contributed by atoms with Gasteiger partial charge in [-0.2, -0.15) is 5.10 Å². The number of halogens is 2. The van der Waals surface area contributed by atoms with E-state index in [0.29, 0.717) is 23.6 Å². The maximum absolute atomic E-state index is 13.6. The van der Waals surface area contributed by atoms with Crippen LogP contribution in [0.2, 0.25) is 0 Å². The van der Waals surface area contributed by atoms with Crippen molar-refractivity contribution in [3.8, 4) is 11.4 Å². The largest absolute Gasteiger partial charge is 0.487 e. The first-order valence-corrected chi connectivity index (χ1v) is 9.37. The minimum absolute atomic E-state index is 0.0997. The van der Waals surface area contributed by atoms with Crippen molar-refractivity contribution in [2.45, 2.75) is 38.3 Å². The summed E-state index contributed by atoms with van der Waals surface area (Å²) in [5, 5.41) is 7.40. The van der Waals surface area contributed by atoms with Crippen LogP contribution in [0.1, 0.15) is 37.6 Å². The van der Waals surface area contributed by atoms with Gasteiger partial charge in [-0.25, -0.2) is 13.5 Å². The lowest BCUT2D eigenvalue weighted by atomic mass is 9.89. The van der Waals surface area contributed by atoms with Gasteiger partial charge in [0.1, 0.15) is 23.0 Å². The monoisotopic (exact) mass is 397 g/mol. The third kappa shape index (κ3) is 4.29. The Labute approximate surface area is 167 Å². The van der Waals surface area contributed by atoms with E-state index in [-0.39, 0.29) is 30.0 Å². The van der Waals surface area contributed by atoms with Gasteiger partial charge in [0.2, 0.25) is 5.91 Å². The Balaban J connectivity index is 1.47. The molecule has 0 radical (unpaired) electrons. The van der Waals surface area contributed by atoms with E-state index in [9.17, 15) is 13.6 Å². The van der Waals surface area contributed by atoms with Crippen LogP contribution in [0.25, 0.3) is 5.69 Å². The third-order valence-corrected chi connectivity index (χ3v) is 4.85. The zero-order chi connectivity index (χ0) is 20.6. The Morgan fingerprint density at radius 3 is 2.66 bits per heavy atom. The number of aromatic nitrogens is 2. The average Bonchev–Trinajstić information content (AvgIpc) is 3.09. The molecule has 1 aromatic heterocycles. The minimum Gasteiger partial charge on any atom is -0.487 e. The van der Waals surface area contributed by atoms with Gasteiger partial charge >= 0.3 is 0 Å². The number of nitrogens with one attached hydrogen (secondary N) is 1. The number of nitrogens with zero attached hydrogens (tertiary/aromatic N) is 2. The van der Waals surface area contributed by atoms with Crippen molar-refractivity contribution in [2.75, 3.05) is 0 Å². The molecule has 1 atom stereocenters. The zero-order valence-electron chi connectivity index (χ0n) is 16.2. The molecular weight excluding hydrogens is 376 g/mol. The lowest BCUT2D eigenvalue weighted by molar-refractivity contribution is -0.121. The highest BCUT2D eigenvalue weighted by Gasteiger charge is 2.34. The van der Waals surface area contributed by atoms with Gasteiger partial charge < -0.3 is 10.1 Å². The highest BCUT2D eigenvalue weighted by atomic mass is 19.1. The van der Waals surface area contributed by atoms with Gasteiger partial charge in [-0.15, -0.1) is 0 Å². The lowest BCUT2D eigenvalue weighted by Gasteiger charge is -2.37. The van der Waals surface area contributed by atoms with Crippen LogP contribution in [0.15, 0.2) is 54.7 Å². The molecule has 0 aliphatic carbocycles. The minimum atomic E-state index is -0.525. The molecule has 3 aromatic rings. The van der Waals surface area contributed by atoms with E-state index >= 15 is 0 Å². The first kappa shape index (κ1) is 19.1. The smallest absolute Gasteiger partial charge is 0.226 e. The molecule has 1 unspecified atom stereocenters. The molecule has 4 rings (SSSR count). The molecule has 0 saturated carbocycles. The van der Waals surface area contributed by atoms with Gasteiger partial charge in [-0.3, -0.25) is 4.79 Å². The summed E-state index contributed by atoms with van der Waals surface area (Å²) in [6, 6.07) is 11.8. The van der Waals surface area contributed by atoms with Gasteiger partial charge in [-0.1, -0.05) is 6.07 Å². The molecule has 0 fully saturated rings. The normalized spacial score (nSPS) is 17.3. The average molecular weight is 397 g/mol. The van der Waals surface area contributed by atoms with Gasteiger partial charge in [0.25, 0.3) is 0 Å². The van der Waals surface area contributed by atoms with Gasteiger partial charge in [0.15, 0.2) is 0 Å². The van der Waals surface area contributed by atoms with Crippen molar-refractivity contribution in [3.63, 3.8) is 0 Å². The molecule has 1 aliphatic heterocycles. The van der Waals surface area contributed by atoms with Crippen molar-refractivity contribution in [1.82, 2.24) is 15.1 Å². The maximum Gasteiger partial charge on any atom is 0.226 e. The van der Waals surface area contributed by atoms with Gasteiger partial charge in [0, 0.05) is 24.2 Å². The first-order chi connectivity index (χ1) is 13.8. The van der Waals surface area contributed by atoms with Crippen LogP contribution in [0.4, 0.5) is 8.78 Å². The van der Waals surface area contributed by atoms with Crippen molar-refractivity contribution in [2.24, 2.45) is 0 Å². The second kappa shape index (κ2) is 7.31. The molecule has 150 valence electrons. The van der Waals surface area contributed by atoms with Crippen LogP contribution >= 0.6 is 0 Å². The summed E-state index contributed by atoms with van der Waals surface area (Å²) in [5.74, 6) is -0.433. The van der Waals surface area contributed by atoms with E-state index in [1.807, 2.05) is 13.8 Å². The molecule has 0 spiro atoms. The fourth-order valence-electron chi connectivity index (χ4n) is 3.56. The summed E-state index contributed by atoms with van der Waals surface area (Å²) in [4.78, 5) is 12.6. The van der Waals surface area contributed by atoms with E-state index in [1.165, 1.54) is 24.3 Å². The molecule has 1 amide bonds. The fraction of sp³-hybridized carbons (Fsp3) is 0.273. The lowest BCUT2D eigenvalue weighted by Crippen LogP contribution is -2.41. The van der Waals surface area contributed by atoms with Crippen LogP contribution in [-0.4, -0.2) is 21.3 Å². The molecule has 29 heavy (non-hydrogen) atoms. The number of carbonyl (C=O) groups is 1. The van der Waals surface area contributed by atoms with Crippen molar-refractivity contribution in [3.05, 3.63) is 77.6 Å². The number of hydrogen-bond acceptors (Lipinski definition) is 3. The van der Waals surface area contributed by atoms with E-state index in [1.54, 1.807) is 35.1 Å². The number of hydrogen-bond donors (Lipinski definition) is 1. The van der Waals surface area contributed by atoms with Crippen LogP contribution in [0, 0.1) is 11.6 Å². The van der Waals surface area contributed by atoms with Crippen molar-refractivity contribution >= 4 is 5.91 Å². The van der Waals surface area contributed by atoms with Gasteiger partial charge in [0.05, 0.1) is 23.8 Å². The highest BCUT2D eigenvalue weighted by molar-refractivity contribution is 5.78. The number of fused-ring (bicyclic) bond motifs is 1. The summed E-state index contributed by atoms with van der Waals surface area (Å²) in [6.07, 6.45) is 2.40. The summed E-state index contributed by atoms with van der Waals surface area (Å²) in [6.45, 7) is 3.81. The Bertz CT molecular complexity index is 1040. The Hall–Kier alpha value is -3.22. The summed E-state index contributed by atoms with van der Waals surface area (Å²) in [7, 11) is 0. The second-order valence-electron chi connectivity index (χ2n) is 7.77. The molecule has 1 aliphatic rings. The molecule has 0 saturated heterocycles. The number of ether oxygens (including phenoxy) is 1. The van der Waals surface area contributed by atoms with E-state index < -0.39 is 5.60 Å². The summed E-state index contributed by atoms with van der Waals surface area (Å²) in [5.41, 5.74) is 1.54. The molecule has 0 bridgehead atoms. The highest BCUT2D eigenvalue weighted by Crippen LogP contribution is 2.39. The van der Waals surface area contributed by atoms with Crippen LogP contribution in [0.5, 0.6) is 5.75 Å². The molecule has 2 aromatic carbocycles. The standard InChI is InChI=1S/C22H21F2N3O2/c1-22(2)13-19(18-8-5-15(24)11-20(18)29-22)25-21(28)12-16-9-10-27(26-16)17-6-3-14(23)4-7-17/h3-11,19H,12-13H2,1-2H3,(H,25,28). The molecule has 7 heteroatoms. The predicted molar refractivity (Wildman–Crippen MR) is 104 cm³/mol. The number of amides is 1. The van der Waals surface area contributed by atoms with E-state index in [0.717, 1.165) is 5.56 Å². The summed E-state index contributed by atoms with van der Waals surface area (Å²) < 4.78 is 34.1. The second-order valence-corrected chi connectivity index (χ2v) is 7.77. The van der Waals surface area contributed by atoms with E-state index in [4.69, 9.17) is 4.74 Å². The quantitative estimate of drug-likeness (QED) is 0.721. The third-order valence-electron chi connectivity index (χ3n) is 4.85. The topological polar surface area (TPSA) is 56.2 Å². The van der Waals surface area contributed by atoms with Crippen LogP contribution in [-0.2, 0) is 11.2 Å². The molecule has 1 N–H and O–H groups in total. The van der Waals surface area contributed by atoms with Crippen molar-refractivity contribution < 1.29 is 18.3 Å². The molecular formula is C22H21F2N3O2. The predicted octanol–water partition coefficient (Wildman–Crippen LogP) is 4.11. The van der Waals surface area contributed by atoms with Crippen molar-refractivity contribution in [1.29, 1.82) is 0 Å². The first-order valence-electron chi connectivity index (χ1n) is 9.37. The molecule has 2 heterocycles. The number of carbonyl (C=O) groups excluding carboxylic acids is 1. The summed E-state index contributed by atoms with van der Waals surface area (Å²) >= 11 is 0. The number of benzene rings is 2. The SMILES string of the molecule is CC1(C)CC(NC(=O)Cc2ccn(-c3ccc(F)cc3)n2)c2ccc(F)cc2O1. The van der Waals surface area contributed by atoms with Gasteiger partial charge in [-0.05, 0) is 50.2 Å². The fourth-order valence-corrected chi connectivity index (χ4v) is 3.56. The van der Waals surface area contributed by atoms with Crippen LogP contribution in [0.3, 0.4) is 0 Å². The number of rotatable bonds is 4. The Morgan fingerprint density at radius 2 is 1.90 bits per heavy atom. The zero-order valence-corrected chi connectivity index (χ0v) is 16.2. The van der Waals surface area contributed by atoms with E-state index in [2.05, 4.69) is 10.4 Å². The Kier molecular flexibility index (Phi) is 4.82.